The minimum absolute atomic E-state index is 0. The Bertz CT molecular complexity index is 452. The molecule has 0 heterocycles. The fraction of sp³-hybridized carbons (Fsp3) is 0.500. The number of benzene rings is 1. The lowest BCUT2D eigenvalue weighted by molar-refractivity contribution is -0.137. The van der Waals surface area contributed by atoms with Crippen LogP contribution in [0.2, 0.25) is 0 Å². The number of hydrogen-bond donors (Lipinski definition) is 2. The van der Waals surface area contributed by atoms with Gasteiger partial charge >= 0.3 is 6.18 Å². The van der Waals surface area contributed by atoms with E-state index in [0.717, 1.165) is 6.07 Å². The Morgan fingerprint density at radius 3 is 2.57 bits per heavy atom. The van der Waals surface area contributed by atoms with Crippen molar-refractivity contribution >= 4 is 18.3 Å². The normalized spacial score (nSPS) is 12.4. The quantitative estimate of drug-likeness (QED) is 0.844. The maximum Gasteiger partial charge on any atom is 0.416 e. The van der Waals surface area contributed by atoms with Gasteiger partial charge in [0.15, 0.2) is 0 Å². The smallest absolute Gasteiger partial charge is 0.355 e. The molecule has 1 unspecified atom stereocenters. The van der Waals surface area contributed by atoms with Crippen molar-refractivity contribution in [3.05, 3.63) is 35.4 Å². The molecule has 1 aromatic rings. The number of likely N-dealkylation sites (N-methyl/N-ethyl adjacent to an activating group) is 1. The first-order valence-corrected chi connectivity index (χ1v) is 6.43. The van der Waals surface area contributed by atoms with E-state index in [2.05, 4.69) is 10.6 Å². The first kappa shape index (κ1) is 19.7. The Balaban J connectivity index is 0.00000400. The van der Waals surface area contributed by atoms with E-state index in [1.807, 2.05) is 6.92 Å². The molecule has 1 aromatic carbocycles. The predicted molar refractivity (Wildman–Crippen MR) is 78.7 cm³/mol. The van der Waals surface area contributed by atoms with Crippen molar-refractivity contribution in [2.45, 2.75) is 25.4 Å². The van der Waals surface area contributed by atoms with Gasteiger partial charge in [0.05, 0.1) is 12.1 Å². The Morgan fingerprint density at radius 1 is 1.33 bits per heavy atom. The zero-order valence-electron chi connectivity index (χ0n) is 12.0. The monoisotopic (exact) mass is 324 g/mol. The highest BCUT2D eigenvalue weighted by atomic mass is 35.5. The van der Waals surface area contributed by atoms with Crippen LogP contribution in [0.3, 0.4) is 0 Å². The Hall–Kier alpha value is -1.27. The minimum atomic E-state index is -4.32. The maximum absolute atomic E-state index is 12.6. The van der Waals surface area contributed by atoms with Gasteiger partial charge in [-0.3, -0.25) is 4.79 Å². The summed E-state index contributed by atoms with van der Waals surface area (Å²) >= 11 is 0. The van der Waals surface area contributed by atoms with Crippen LogP contribution in [0.25, 0.3) is 0 Å². The first-order chi connectivity index (χ1) is 9.34. The van der Waals surface area contributed by atoms with Crippen LogP contribution in [-0.2, 0) is 11.0 Å². The second kappa shape index (κ2) is 8.89. The highest BCUT2D eigenvalue weighted by molar-refractivity contribution is 5.85. The number of halogens is 4. The zero-order chi connectivity index (χ0) is 15.2. The second-order valence-corrected chi connectivity index (χ2v) is 4.69. The topological polar surface area (TPSA) is 41.1 Å². The average Bonchev–Trinajstić information content (AvgIpc) is 2.38. The summed E-state index contributed by atoms with van der Waals surface area (Å²) in [5.74, 6) is -0.170. The van der Waals surface area contributed by atoms with Crippen LogP contribution < -0.4 is 10.6 Å². The lowest BCUT2D eigenvalue weighted by atomic mass is 9.96. The molecular weight excluding hydrogens is 305 g/mol. The molecule has 0 spiro atoms. The van der Waals surface area contributed by atoms with Gasteiger partial charge in [-0.15, -0.1) is 12.4 Å². The molecular formula is C14H20ClF3N2O. The van der Waals surface area contributed by atoms with Crippen LogP contribution in [0.1, 0.15) is 30.4 Å². The standard InChI is InChI=1S/C14H19F3N2O.ClH/c1-10(6-7-19-13(20)9-18-2)11-4-3-5-12(8-11)14(15,16)17;/h3-5,8,10,18H,6-7,9H2,1-2H3,(H,19,20);1H. The van der Waals surface area contributed by atoms with Crippen LogP contribution in [0.15, 0.2) is 24.3 Å². The van der Waals surface area contributed by atoms with E-state index < -0.39 is 11.7 Å². The molecule has 120 valence electrons. The fourth-order valence-corrected chi connectivity index (χ4v) is 1.84. The second-order valence-electron chi connectivity index (χ2n) is 4.69. The molecule has 0 saturated carbocycles. The largest absolute Gasteiger partial charge is 0.416 e. The van der Waals surface area contributed by atoms with E-state index in [0.29, 0.717) is 18.5 Å². The van der Waals surface area contributed by atoms with E-state index in [-0.39, 0.29) is 30.8 Å². The van der Waals surface area contributed by atoms with Crippen molar-refractivity contribution < 1.29 is 18.0 Å². The summed E-state index contributed by atoms with van der Waals surface area (Å²) < 4.78 is 37.8. The molecule has 1 atom stereocenters. The van der Waals surface area contributed by atoms with E-state index in [1.54, 1.807) is 13.1 Å². The zero-order valence-corrected chi connectivity index (χ0v) is 12.8. The molecule has 2 N–H and O–H groups in total. The molecule has 0 aliphatic heterocycles. The van der Waals surface area contributed by atoms with E-state index in [4.69, 9.17) is 0 Å². The summed E-state index contributed by atoms with van der Waals surface area (Å²) in [6, 6.07) is 5.31. The van der Waals surface area contributed by atoms with Crippen LogP contribution in [0.5, 0.6) is 0 Å². The molecule has 0 aromatic heterocycles. The lowest BCUT2D eigenvalue weighted by Gasteiger charge is -2.15. The summed E-state index contributed by atoms with van der Waals surface area (Å²) in [6.07, 6.45) is -3.73. The van der Waals surface area contributed by atoms with Gasteiger partial charge in [-0.2, -0.15) is 13.2 Å². The van der Waals surface area contributed by atoms with Crippen LogP contribution >= 0.6 is 12.4 Å². The highest BCUT2D eigenvalue weighted by Gasteiger charge is 2.30. The first-order valence-electron chi connectivity index (χ1n) is 6.43. The fourth-order valence-electron chi connectivity index (χ4n) is 1.84. The van der Waals surface area contributed by atoms with Crippen molar-refractivity contribution in [3.8, 4) is 0 Å². The van der Waals surface area contributed by atoms with Crippen molar-refractivity contribution in [2.75, 3.05) is 20.1 Å². The molecule has 3 nitrogen and oxygen atoms in total. The van der Waals surface area contributed by atoms with Gasteiger partial charge < -0.3 is 10.6 Å². The van der Waals surface area contributed by atoms with Gasteiger partial charge in [-0.25, -0.2) is 0 Å². The summed E-state index contributed by atoms with van der Waals surface area (Å²) in [4.78, 5) is 11.2. The average molecular weight is 325 g/mol. The third kappa shape index (κ3) is 6.82. The van der Waals surface area contributed by atoms with Gasteiger partial charge in [0.1, 0.15) is 0 Å². The van der Waals surface area contributed by atoms with Crippen LogP contribution in [-0.4, -0.2) is 26.0 Å². The summed E-state index contributed by atoms with van der Waals surface area (Å²) in [7, 11) is 1.67. The summed E-state index contributed by atoms with van der Waals surface area (Å²) in [5.41, 5.74) is -0.0104. The molecule has 0 bridgehead atoms. The number of carbonyl (C=O) groups is 1. The van der Waals surface area contributed by atoms with Crippen LogP contribution in [0.4, 0.5) is 13.2 Å². The highest BCUT2D eigenvalue weighted by Crippen LogP contribution is 2.31. The molecule has 0 saturated heterocycles. The molecule has 1 amide bonds. The van der Waals surface area contributed by atoms with Crippen molar-refractivity contribution in [1.82, 2.24) is 10.6 Å². The van der Waals surface area contributed by atoms with E-state index in [9.17, 15) is 18.0 Å². The predicted octanol–water partition coefficient (Wildman–Crippen LogP) is 2.96. The molecule has 21 heavy (non-hydrogen) atoms. The van der Waals surface area contributed by atoms with Gasteiger partial charge in [-0.05, 0) is 31.0 Å². The number of carbonyl (C=O) groups excluding carboxylic acids is 1. The maximum atomic E-state index is 12.6. The van der Waals surface area contributed by atoms with Crippen LogP contribution in [0, 0.1) is 0 Å². The lowest BCUT2D eigenvalue weighted by Crippen LogP contribution is -2.33. The molecule has 1 rings (SSSR count). The Kier molecular flexibility index (Phi) is 8.36. The van der Waals surface area contributed by atoms with Gasteiger partial charge in [0, 0.05) is 6.54 Å². The van der Waals surface area contributed by atoms with Crippen molar-refractivity contribution in [3.63, 3.8) is 0 Å². The number of amides is 1. The Labute approximate surface area is 128 Å². The van der Waals surface area contributed by atoms with E-state index in [1.165, 1.54) is 12.1 Å². The third-order valence-corrected chi connectivity index (χ3v) is 3.02. The van der Waals surface area contributed by atoms with Gasteiger partial charge in [-0.1, -0.05) is 25.1 Å². The summed E-state index contributed by atoms with van der Waals surface area (Å²) in [6.45, 7) is 2.52. The molecule has 7 heteroatoms. The molecule has 0 radical (unpaired) electrons. The molecule has 0 fully saturated rings. The SMILES string of the molecule is CNCC(=O)NCCC(C)c1cccc(C(F)(F)F)c1.Cl. The van der Waals surface area contributed by atoms with Crippen molar-refractivity contribution in [2.24, 2.45) is 0 Å². The number of nitrogens with one attached hydrogen (secondary N) is 2. The number of alkyl halides is 3. The van der Waals surface area contributed by atoms with Gasteiger partial charge in [0.2, 0.25) is 5.91 Å². The van der Waals surface area contributed by atoms with Crippen molar-refractivity contribution in [1.29, 1.82) is 0 Å². The molecule has 0 aliphatic carbocycles. The summed E-state index contributed by atoms with van der Waals surface area (Å²) in [5, 5.41) is 5.43. The third-order valence-electron chi connectivity index (χ3n) is 3.02. The Morgan fingerprint density at radius 2 is 2.00 bits per heavy atom. The van der Waals surface area contributed by atoms with Gasteiger partial charge in [0.25, 0.3) is 0 Å². The van der Waals surface area contributed by atoms with E-state index >= 15 is 0 Å². The number of hydrogen-bond acceptors (Lipinski definition) is 2. The molecule has 0 aliphatic rings. The number of rotatable bonds is 6. The minimum Gasteiger partial charge on any atom is -0.355 e.